The van der Waals surface area contributed by atoms with E-state index in [1.54, 1.807) is 49.2 Å². The molecule has 0 saturated carbocycles. The van der Waals surface area contributed by atoms with Crippen LogP contribution in [0.3, 0.4) is 0 Å². The zero-order chi connectivity index (χ0) is 21.4. The zero-order valence-electron chi connectivity index (χ0n) is 17.4. The summed E-state index contributed by atoms with van der Waals surface area (Å²) in [4.78, 5) is 20.6. The number of hydrogen-bond acceptors (Lipinski definition) is 8. The second kappa shape index (κ2) is 8.11. The summed E-state index contributed by atoms with van der Waals surface area (Å²) in [5.74, 6) is 2.22. The predicted molar refractivity (Wildman–Crippen MR) is 122 cm³/mol. The molecule has 0 fully saturated rings. The third-order valence-electron chi connectivity index (χ3n) is 5.66. The number of aromatic nitrogens is 4. The Morgan fingerprint density at radius 2 is 2.03 bits per heavy atom. The van der Waals surface area contributed by atoms with Crippen LogP contribution in [0.1, 0.15) is 41.8 Å². The zero-order valence-corrected chi connectivity index (χ0v) is 18.2. The lowest BCUT2D eigenvalue weighted by Crippen LogP contribution is -2.10. The summed E-state index contributed by atoms with van der Waals surface area (Å²) >= 11 is 1.75. The molecule has 1 aliphatic rings. The number of ether oxygens (including phenoxy) is 1. The van der Waals surface area contributed by atoms with Crippen molar-refractivity contribution in [3.05, 3.63) is 52.8 Å². The maximum absolute atomic E-state index is 10.4. The molecule has 1 unspecified atom stereocenters. The van der Waals surface area contributed by atoms with Crippen molar-refractivity contribution in [1.29, 1.82) is 0 Å². The van der Waals surface area contributed by atoms with Gasteiger partial charge in [0.25, 0.3) is 0 Å². The number of phenolic OH excluding ortho intramolecular Hbond substituents is 1. The second-order valence-corrected chi connectivity index (χ2v) is 8.75. The number of thiophene rings is 1. The van der Waals surface area contributed by atoms with E-state index >= 15 is 0 Å². The van der Waals surface area contributed by atoms with Gasteiger partial charge in [-0.2, -0.15) is 0 Å². The van der Waals surface area contributed by atoms with Crippen LogP contribution < -0.4 is 10.1 Å². The second-order valence-electron chi connectivity index (χ2n) is 7.67. The Balaban J connectivity index is 1.63. The molecule has 0 saturated heterocycles. The molecule has 3 heterocycles. The molecule has 0 amide bonds. The van der Waals surface area contributed by atoms with Crippen LogP contribution in [0.25, 0.3) is 21.7 Å². The van der Waals surface area contributed by atoms with Crippen molar-refractivity contribution in [2.75, 3.05) is 12.4 Å². The number of aryl methyl sites for hydroxylation is 2. The minimum absolute atomic E-state index is 0.193. The van der Waals surface area contributed by atoms with Crippen molar-refractivity contribution in [2.45, 2.75) is 38.6 Å². The number of phenols is 1. The lowest BCUT2D eigenvalue weighted by molar-refractivity contribution is 0.410. The van der Waals surface area contributed by atoms with Crippen LogP contribution in [0.2, 0.25) is 0 Å². The van der Waals surface area contributed by atoms with Gasteiger partial charge in [0, 0.05) is 22.8 Å². The van der Waals surface area contributed by atoms with Crippen LogP contribution in [-0.2, 0) is 12.8 Å². The highest BCUT2D eigenvalue weighted by Gasteiger charge is 2.23. The minimum Gasteiger partial charge on any atom is -0.508 e. The van der Waals surface area contributed by atoms with E-state index < -0.39 is 0 Å². The standard InChI is InChI=1S/C23H23N5O2S/c1-13(16-11-14(30-2)7-8-18(16)29)26-22-20-15-5-3-4-6-19(15)31-23(20)28-21(27-22)17-12-24-9-10-25-17/h7-13,29H,3-6H2,1-2H3,(H,26,27,28). The third-order valence-corrected chi connectivity index (χ3v) is 6.85. The van der Waals surface area contributed by atoms with Crippen LogP contribution in [-0.4, -0.2) is 32.2 Å². The normalized spacial score (nSPS) is 14.3. The fraction of sp³-hybridized carbons (Fsp3) is 0.304. The van der Waals surface area contributed by atoms with Gasteiger partial charge in [0.2, 0.25) is 0 Å². The number of hydrogen-bond donors (Lipinski definition) is 2. The van der Waals surface area contributed by atoms with Crippen LogP contribution in [0.15, 0.2) is 36.8 Å². The van der Waals surface area contributed by atoms with Gasteiger partial charge >= 0.3 is 0 Å². The fourth-order valence-electron chi connectivity index (χ4n) is 4.08. The average molecular weight is 434 g/mol. The average Bonchev–Trinajstić information content (AvgIpc) is 3.18. The van der Waals surface area contributed by atoms with Crippen LogP contribution in [0.5, 0.6) is 11.5 Å². The molecule has 1 aromatic carbocycles. The number of aromatic hydroxyl groups is 1. The molecule has 158 valence electrons. The van der Waals surface area contributed by atoms with E-state index in [2.05, 4.69) is 15.3 Å². The van der Waals surface area contributed by atoms with Gasteiger partial charge in [-0.25, -0.2) is 15.0 Å². The van der Waals surface area contributed by atoms with Gasteiger partial charge in [0.1, 0.15) is 27.8 Å². The molecule has 1 aliphatic carbocycles. The Morgan fingerprint density at radius 3 is 2.84 bits per heavy atom. The van der Waals surface area contributed by atoms with Crippen molar-refractivity contribution < 1.29 is 9.84 Å². The molecule has 4 aromatic rings. The van der Waals surface area contributed by atoms with Crippen LogP contribution in [0.4, 0.5) is 5.82 Å². The minimum atomic E-state index is -0.193. The number of nitrogens with zero attached hydrogens (tertiary/aromatic N) is 4. The molecule has 1 atom stereocenters. The lowest BCUT2D eigenvalue weighted by Gasteiger charge is -2.19. The quantitative estimate of drug-likeness (QED) is 0.462. The van der Waals surface area contributed by atoms with E-state index in [1.807, 2.05) is 13.0 Å². The summed E-state index contributed by atoms with van der Waals surface area (Å²) < 4.78 is 5.34. The molecule has 8 heteroatoms. The Labute approximate surface area is 184 Å². The van der Waals surface area contributed by atoms with Crippen molar-refractivity contribution in [3.8, 4) is 23.0 Å². The highest BCUT2D eigenvalue weighted by molar-refractivity contribution is 7.19. The first-order chi connectivity index (χ1) is 15.1. The number of benzene rings is 1. The van der Waals surface area contributed by atoms with Crippen molar-refractivity contribution >= 4 is 27.4 Å². The Morgan fingerprint density at radius 1 is 1.16 bits per heavy atom. The number of fused-ring (bicyclic) bond motifs is 3. The molecule has 0 radical (unpaired) electrons. The topological polar surface area (TPSA) is 93.1 Å². The van der Waals surface area contributed by atoms with E-state index in [0.717, 1.165) is 34.4 Å². The number of anilines is 1. The number of methoxy groups -OCH3 is 1. The summed E-state index contributed by atoms with van der Waals surface area (Å²) in [5, 5.41) is 15.0. The first-order valence-corrected chi connectivity index (χ1v) is 11.2. The first-order valence-electron chi connectivity index (χ1n) is 10.4. The van der Waals surface area contributed by atoms with Gasteiger partial charge in [-0.1, -0.05) is 0 Å². The maximum Gasteiger partial charge on any atom is 0.183 e. The Bertz CT molecular complexity index is 1240. The van der Waals surface area contributed by atoms with Gasteiger partial charge < -0.3 is 15.2 Å². The monoisotopic (exact) mass is 433 g/mol. The maximum atomic E-state index is 10.4. The van der Waals surface area contributed by atoms with E-state index in [-0.39, 0.29) is 11.8 Å². The van der Waals surface area contributed by atoms with Gasteiger partial charge in [-0.05, 0) is 56.4 Å². The van der Waals surface area contributed by atoms with Crippen molar-refractivity contribution in [1.82, 2.24) is 19.9 Å². The van der Waals surface area contributed by atoms with Gasteiger partial charge in [0.05, 0.1) is 24.7 Å². The lowest BCUT2D eigenvalue weighted by atomic mass is 9.97. The molecule has 31 heavy (non-hydrogen) atoms. The molecule has 3 aromatic heterocycles. The largest absolute Gasteiger partial charge is 0.508 e. The van der Waals surface area contributed by atoms with E-state index in [4.69, 9.17) is 14.7 Å². The van der Waals surface area contributed by atoms with Gasteiger partial charge in [-0.15, -0.1) is 11.3 Å². The highest BCUT2D eigenvalue weighted by atomic mass is 32.1. The summed E-state index contributed by atoms with van der Waals surface area (Å²) in [6.45, 7) is 2.00. The molecule has 2 N–H and O–H groups in total. The molecule has 0 spiro atoms. The summed E-state index contributed by atoms with van der Waals surface area (Å²) in [6.07, 6.45) is 9.47. The number of rotatable bonds is 5. The summed E-state index contributed by atoms with van der Waals surface area (Å²) in [6, 6.07) is 5.05. The van der Waals surface area contributed by atoms with Crippen LogP contribution in [0, 0.1) is 0 Å². The van der Waals surface area contributed by atoms with Crippen molar-refractivity contribution in [3.63, 3.8) is 0 Å². The summed E-state index contributed by atoms with van der Waals surface area (Å²) in [5.41, 5.74) is 2.73. The number of nitrogens with one attached hydrogen (secondary N) is 1. The van der Waals surface area contributed by atoms with E-state index in [1.165, 1.54) is 23.3 Å². The molecular weight excluding hydrogens is 410 g/mol. The summed E-state index contributed by atoms with van der Waals surface area (Å²) in [7, 11) is 1.62. The van der Waals surface area contributed by atoms with E-state index in [0.29, 0.717) is 17.3 Å². The molecule has 5 rings (SSSR count). The van der Waals surface area contributed by atoms with Gasteiger partial charge in [0.15, 0.2) is 5.82 Å². The molecule has 7 nitrogen and oxygen atoms in total. The molecule has 0 bridgehead atoms. The smallest absolute Gasteiger partial charge is 0.183 e. The fourth-order valence-corrected chi connectivity index (χ4v) is 5.34. The van der Waals surface area contributed by atoms with Crippen LogP contribution >= 0.6 is 11.3 Å². The predicted octanol–water partition coefficient (Wildman–Crippen LogP) is 4.91. The SMILES string of the molecule is COc1ccc(O)c(C(C)Nc2nc(-c3cnccn3)nc3sc4c(c23)CCCC4)c1. The van der Waals surface area contributed by atoms with Crippen molar-refractivity contribution in [2.24, 2.45) is 0 Å². The molecular formula is C23H23N5O2S. The Kier molecular flexibility index (Phi) is 5.15. The third kappa shape index (κ3) is 3.67. The highest BCUT2D eigenvalue weighted by Crippen LogP contribution is 2.41. The van der Waals surface area contributed by atoms with Gasteiger partial charge in [-0.3, -0.25) is 4.98 Å². The molecule has 0 aliphatic heterocycles. The Hall–Kier alpha value is -3.26. The first kappa shape index (κ1) is 19.7. The van der Waals surface area contributed by atoms with E-state index in [9.17, 15) is 5.11 Å².